The van der Waals surface area contributed by atoms with Crippen molar-refractivity contribution in [2.75, 3.05) is 26.2 Å². The van der Waals surface area contributed by atoms with E-state index in [1.165, 1.54) is 19.3 Å². The summed E-state index contributed by atoms with van der Waals surface area (Å²) in [6, 6.07) is 3.41. The van der Waals surface area contributed by atoms with Gasteiger partial charge in [-0.2, -0.15) is 0 Å². The molecule has 2 fully saturated rings. The molecular weight excluding hydrogens is 358 g/mol. The Labute approximate surface area is 167 Å². The first-order valence-electron chi connectivity index (χ1n) is 10.4. The van der Waals surface area contributed by atoms with Crippen LogP contribution in [-0.4, -0.2) is 59.6 Å². The molecule has 1 N–H and O–H groups in total. The van der Waals surface area contributed by atoms with Crippen molar-refractivity contribution in [3.05, 3.63) is 24.2 Å². The molecule has 1 aromatic heterocycles. The summed E-state index contributed by atoms with van der Waals surface area (Å²) in [6.07, 6.45) is 6.32. The molecule has 3 heterocycles. The number of rotatable bonds is 5. The second kappa shape index (κ2) is 8.99. The molecule has 2 unspecified atom stereocenters. The summed E-state index contributed by atoms with van der Waals surface area (Å²) in [5.41, 5.74) is -0.570. The molecule has 0 aromatic carbocycles. The molecule has 7 nitrogen and oxygen atoms in total. The van der Waals surface area contributed by atoms with Crippen LogP contribution in [0.5, 0.6) is 0 Å². The van der Waals surface area contributed by atoms with Gasteiger partial charge in [0, 0.05) is 13.1 Å². The van der Waals surface area contributed by atoms with E-state index in [4.69, 9.17) is 9.15 Å². The summed E-state index contributed by atoms with van der Waals surface area (Å²) < 4.78 is 11.1. The number of amides is 2. The number of likely N-dealkylation sites (tertiary alicyclic amines) is 2. The molecule has 2 amide bonds. The maximum absolute atomic E-state index is 12.9. The van der Waals surface area contributed by atoms with E-state index in [0.29, 0.717) is 19.5 Å². The first-order valence-corrected chi connectivity index (χ1v) is 10.4. The molecule has 0 bridgehead atoms. The maximum atomic E-state index is 12.9. The van der Waals surface area contributed by atoms with Crippen LogP contribution in [0.3, 0.4) is 0 Å². The number of hydrogen-bond donors (Lipinski definition) is 1. The van der Waals surface area contributed by atoms with E-state index in [-0.39, 0.29) is 11.9 Å². The zero-order valence-electron chi connectivity index (χ0n) is 17.3. The first kappa shape index (κ1) is 20.7. The van der Waals surface area contributed by atoms with Crippen LogP contribution < -0.4 is 5.32 Å². The molecule has 0 radical (unpaired) electrons. The lowest BCUT2D eigenvalue weighted by atomic mass is 10.1. The summed E-state index contributed by atoms with van der Waals surface area (Å²) in [6.45, 7) is 8.56. The molecule has 2 aliphatic heterocycles. The van der Waals surface area contributed by atoms with Gasteiger partial charge in [-0.15, -0.1) is 0 Å². The minimum Gasteiger partial charge on any atom is -0.468 e. The standard InChI is InChI=1S/C21H33N3O4/c1-21(2,3)28-20(26)24-13-7-9-16(24)19(25)22-15-17(18-10-8-14-27-18)23-11-5-4-6-12-23/h8,10,14,16-17H,4-7,9,11-13,15H2,1-3H3,(H,22,25). The molecule has 3 rings (SSSR count). The Kier molecular flexibility index (Phi) is 6.65. The number of nitrogens with one attached hydrogen (secondary N) is 1. The van der Waals surface area contributed by atoms with E-state index in [2.05, 4.69) is 10.2 Å². The minimum atomic E-state index is -0.570. The Morgan fingerprint density at radius 3 is 2.61 bits per heavy atom. The molecule has 0 aliphatic carbocycles. The topological polar surface area (TPSA) is 75.0 Å². The van der Waals surface area contributed by atoms with Crippen LogP contribution in [-0.2, 0) is 9.53 Å². The first-order chi connectivity index (χ1) is 13.3. The molecular formula is C21H33N3O4. The Bertz CT molecular complexity index is 647. The third-order valence-corrected chi connectivity index (χ3v) is 5.36. The molecule has 2 saturated heterocycles. The summed E-state index contributed by atoms with van der Waals surface area (Å²) in [5, 5.41) is 3.07. The highest BCUT2D eigenvalue weighted by Crippen LogP contribution is 2.25. The zero-order valence-corrected chi connectivity index (χ0v) is 17.3. The third-order valence-electron chi connectivity index (χ3n) is 5.36. The van der Waals surface area contributed by atoms with Crippen LogP contribution in [0, 0.1) is 0 Å². The SMILES string of the molecule is CC(C)(C)OC(=O)N1CCCC1C(=O)NCC(c1ccco1)N1CCCCC1. The maximum Gasteiger partial charge on any atom is 0.410 e. The average Bonchev–Trinajstić information content (AvgIpc) is 3.33. The van der Waals surface area contributed by atoms with E-state index in [1.807, 2.05) is 32.9 Å². The minimum absolute atomic E-state index is 0.0237. The normalized spacial score (nSPS) is 22.1. The average molecular weight is 392 g/mol. The van der Waals surface area contributed by atoms with E-state index in [0.717, 1.165) is 25.3 Å². The van der Waals surface area contributed by atoms with Crippen molar-refractivity contribution >= 4 is 12.0 Å². The number of carbonyl (C=O) groups is 2. The van der Waals surface area contributed by atoms with Gasteiger partial charge in [-0.3, -0.25) is 14.6 Å². The van der Waals surface area contributed by atoms with Gasteiger partial charge in [0.05, 0.1) is 12.3 Å². The largest absolute Gasteiger partial charge is 0.468 e. The fourth-order valence-corrected chi connectivity index (χ4v) is 4.01. The number of hydrogen-bond acceptors (Lipinski definition) is 5. The third kappa shape index (κ3) is 5.28. The number of ether oxygens (including phenoxy) is 1. The van der Waals surface area contributed by atoms with E-state index in [9.17, 15) is 9.59 Å². The van der Waals surface area contributed by atoms with Crippen molar-refractivity contribution in [1.82, 2.24) is 15.1 Å². The molecule has 1 aromatic rings. The van der Waals surface area contributed by atoms with Crippen LogP contribution >= 0.6 is 0 Å². The van der Waals surface area contributed by atoms with Crippen molar-refractivity contribution < 1.29 is 18.7 Å². The lowest BCUT2D eigenvalue weighted by Gasteiger charge is -2.34. The quantitative estimate of drug-likeness (QED) is 0.833. The Balaban J connectivity index is 1.61. The van der Waals surface area contributed by atoms with Crippen molar-refractivity contribution in [2.24, 2.45) is 0 Å². The monoisotopic (exact) mass is 391 g/mol. The lowest BCUT2D eigenvalue weighted by Crippen LogP contribution is -2.49. The second-order valence-electron chi connectivity index (χ2n) is 8.70. The van der Waals surface area contributed by atoms with Gasteiger partial charge in [-0.1, -0.05) is 6.42 Å². The Morgan fingerprint density at radius 2 is 1.96 bits per heavy atom. The molecule has 7 heteroatoms. The summed E-state index contributed by atoms with van der Waals surface area (Å²) in [7, 11) is 0. The lowest BCUT2D eigenvalue weighted by molar-refractivity contribution is -0.125. The number of carbonyl (C=O) groups excluding carboxylic acids is 2. The van der Waals surface area contributed by atoms with Crippen LogP contribution in [0.4, 0.5) is 4.79 Å². The fraction of sp³-hybridized carbons (Fsp3) is 0.714. The second-order valence-corrected chi connectivity index (χ2v) is 8.70. The molecule has 0 spiro atoms. The summed E-state index contributed by atoms with van der Waals surface area (Å²) in [4.78, 5) is 29.3. The van der Waals surface area contributed by atoms with Crippen LogP contribution in [0.15, 0.2) is 22.8 Å². The molecule has 28 heavy (non-hydrogen) atoms. The van der Waals surface area contributed by atoms with E-state index >= 15 is 0 Å². The fourth-order valence-electron chi connectivity index (χ4n) is 4.01. The molecule has 156 valence electrons. The van der Waals surface area contributed by atoms with Gasteiger partial charge in [0.2, 0.25) is 5.91 Å². The van der Waals surface area contributed by atoms with E-state index in [1.54, 1.807) is 11.2 Å². The van der Waals surface area contributed by atoms with Crippen molar-refractivity contribution in [3.63, 3.8) is 0 Å². The number of nitrogens with zero attached hydrogens (tertiary/aromatic N) is 2. The highest BCUT2D eigenvalue weighted by atomic mass is 16.6. The van der Waals surface area contributed by atoms with Gasteiger partial charge >= 0.3 is 6.09 Å². The van der Waals surface area contributed by atoms with Crippen LogP contribution in [0.1, 0.15) is 64.7 Å². The van der Waals surface area contributed by atoms with Gasteiger partial charge in [-0.05, 0) is 71.7 Å². The number of furan rings is 1. The summed E-state index contributed by atoms with van der Waals surface area (Å²) >= 11 is 0. The summed E-state index contributed by atoms with van der Waals surface area (Å²) in [5.74, 6) is 0.759. The van der Waals surface area contributed by atoms with Gasteiger partial charge in [-0.25, -0.2) is 4.79 Å². The zero-order chi connectivity index (χ0) is 20.1. The molecule has 0 saturated carbocycles. The predicted molar refractivity (Wildman–Crippen MR) is 106 cm³/mol. The molecule has 2 aliphatic rings. The van der Waals surface area contributed by atoms with Crippen molar-refractivity contribution in [2.45, 2.75) is 70.6 Å². The van der Waals surface area contributed by atoms with Gasteiger partial charge in [0.25, 0.3) is 0 Å². The Hall–Kier alpha value is -2.02. The van der Waals surface area contributed by atoms with E-state index < -0.39 is 17.7 Å². The van der Waals surface area contributed by atoms with Crippen molar-refractivity contribution in [3.8, 4) is 0 Å². The highest BCUT2D eigenvalue weighted by molar-refractivity contribution is 5.86. The van der Waals surface area contributed by atoms with Crippen LogP contribution in [0.2, 0.25) is 0 Å². The van der Waals surface area contributed by atoms with Crippen LogP contribution in [0.25, 0.3) is 0 Å². The smallest absolute Gasteiger partial charge is 0.410 e. The molecule has 2 atom stereocenters. The predicted octanol–water partition coefficient (Wildman–Crippen LogP) is 3.32. The Morgan fingerprint density at radius 1 is 1.21 bits per heavy atom. The number of piperidine rings is 1. The van der Waals surface area contributed by atoms with Gasteiger partial charge in [0.1, 0.15) is 17.4 Å². The van der Waals surface area contributed by atoms with Crippen molar-refractivity contribution in [1.29, 1.82) is 0 Å². The highest BCUT2D eigenvalue weighted by Gasteiger charge is 2.37. The van der Waals surface area contributed by atoms with Gasteiger partial charge < -0.3 is 14.5 Å². The van der Waals surface area contributed by atoms with Gasteiger partial charge in [0.15, 0.2) is 0 Å².